The standard InChI is InChI=1S/C15H26N2O/c1-15(2,16-3)14(18)17-13-11-5-9-4-10(7-11)8-12(13)6-9/h9-13,16H,4-8H2,1-3H3,(H,17,18). The summed E-state index contributed by atoms with van der Waals surface area (Å²) in [5.41, 5.74) is -0.450. The van der Waals surface area contributed by atoms with Gasteiger partial charge in [0.05, 0.1) is 5.54 Å². The molecule has 0 aromatic heterocycles. The summed E-state index contributed by atoms with van der Waals surface area (Å²) in [6.07, 6.45) is 6.90. The topological polar surface area (TPSA) is 41.1 Å². The molecule has 0 saturated heterocycles. The smallest absolute Gasteiger partial charge is 0.239 e. The number of carbonyl (C=O) groups is 1. The van der Waals surface area contributed by atoms with Gasteiger partial charge in [0.2, 0.25) is 5.91 Å². The van der Waals surface area contributed by atoms with Gasteiger partial charge in [0, 0.05) is 6.04 Å². The van der Waals surface area contributed by atoms with Crippen molar-refractivity contribution < 1.29 is 4.79 Å². The lowest BCUT2D eigenvalue weighted by molar-refractivity contribution is -0.130. The van der Waals surface area contributed by atoms with E-state index < -0.39 is 5.54 Å². The van der Waals surface area contributed by atoms with Gasteiger partial charge in [-0.05, 0) is 76.7 Å². The van der Waals surface area contributed by atoms with Crippen molar-refractivity contribution in [1.29, 1.82) is 0 Å². The van der Waals surface area contributed by atoms with Gasteiger partial charge < -0.3 is 10.6 Å². The molecular formula is C15H26N2O. The third kappa shape index (κ3) is 1.97. The fourth-order valence-electron chi connectivity index (χ4n) is 4.61. The molecule has 0 spiro atoms. The Kier molecular flexibility index (Phi) is 2.92. The molecule has 0 aliphatic heterocycles. The highest BCUT2D eigenvalue weighted by Crippen LogP contribution is 2.53. The molecule has 4 aliphatic carbocycles. The summed E-state index contributed by atoms with van der Waals surface area (Å²) in [6, 6.07) is 0.456. The van der Waals surface area contributed by atoms with Crippen LogP contribution in [0.3, 0.4) is 0 Å². The first kappa shape index (κ1) is 12.5. The monoisotopic (exact) mass is 250 g/mol. The minimum Gasteiger partial charge on any atom is -0.351 e. The van der Waals surface area contributed by atoms with Gasteiger partial charge in [0.25, 0.3) is 0 Å². The second kappa shape index (κ2) is 4.22. The number of hydrogen-bond donors (Lipinski definition) is 2. The predicted octanol–water partition coefficient (Wildman–Crippen LogP) is 1.93. The fraction of sp³-hybridized carbons (Fsp3) is 0.933. The Balaban J connectivity index is 1.69. The van der Waals surface area contributed by atoms with Crippen LogP contribution in [0.4, 0.5) is 0 Å². The van der Waals surface area contributed by atoms with Crippen molar-refractivity contribution in [2.24, 2.45) is 23.7 Å². The van der Waals surface area contributed by atoms with E-state index >= 15 is 0 Å². The lowest BCUT2D eigenvalue weighted by atomic mass is 9.54. The molecule has 0 radical (unpaired) electrons. The van der Waals surface area contributed by atoms with Crippen LogP contribution in [0.1, 0.15) is 46.0 Å². The van der Waals surface area contributed by atoms with Crippen LogP contribution >= 0.6 is 0 Å². The molecule has 4 aliphatic rings. The lowest BCUT2D eigenvalue weighted by Crippen LogP contribution is -2.61. The summed E-state index contributed by atoms with van der Waals surface area (Å²) in [5, 5.41) is 6.45. The van der Waals surface area contributed by atoms with E-state index in [0.717, 1.165) is 23.7 Å². The van der Waals surface area contributed by atoms with E-state index in [-0.39, 0.29) is 5.91 Å². The molecule has 18 heavy (non-hydrogen) atoms. The van der Waals surface area contributed by atoms with Crippen LogP contribution in [-0.2, 0) is 4.79 Å². The Morgan fingerprint density at radius 2 is 1.50 bits per heavy atom. The van der Waals surface area contributed by atoms with E-state index in [1.165, 1.54) is 32.1 Å². The van der Waals surface area contributed by atoms with Gasteiger partial charge in [-0.1, -0.05) is 0 Å². The molecule has 2 N–H and O–H groups in total. The maximum atomic E-state index is 12.3. The summed E-state index contributed by atoms with van der Waals surface area (Å²) in [5.74, 6) is 3.63. The van der Waals surface area contributed by atoms with Gasteiger partial charge in [-0.2, -0.15) is 0 Å². The van der Waals surface area contributed by atoms with Crippen molar-refractivity contribution in [3.05, 3.63) is 0 Å². The third-order valence-electron chi connectivity index (χ3n) is 5.72. The van der Waals surface area contributed by atoms with Crippen LogP contribution in [-0.4, -0.2) is 24.5 Å². The molecule has 3 heteroatoms. The quantitative estimate of drug-likeness (QED) is 0.803. The zero-order chi connectivity index (χ0) is 12.9. The summed E-state index contributed by atoms with van der Waals surface area (Å²) in [6.45, 7) is 3.91. The average Bonchev–Trinajstić information content (AvgIpc) is 2.32. The van der Waals surface area contributed by atoms with Gasteiger partial charge in [-0.3, -0.25) is 4.79 Å². The largest absolute Gasteiger partial charge is 0.351 e. The molecule has 1 amide bonds. The number of hydrogen-bond acceptors (Lipinski definition) is 2. The molecule has 0 unspecified atom stereocenters. The summed E-state index contributed by atoms with van der Waals surface area (Å²) in [7, 11) is 1.86. The number of likely N-dealkylation sites (N-methyl/N-ethyl adjacent to an activating group) is 1. The molecule has 4 fully saturated rings. The third-order valence-corrected chi connectivity index (χ3v) is 5.72. The molecule has 4 bridgehead atoms. The average molecular weight is 250 g/mol. The number of amides is 1. The van der Waals surface area contributed by atoms with Crippen molar-refractivity contribution in [2.45, 2.75) is 57.5 Å². The van der Waals surface area contributed by atoms with Gasteiger partial charge in [-0.25, -0.2) is 0 Å². The minimum atomic E-state index is -0.450. The second-order valence-electron chi connectivity index (χ2n) is 7.30. The minimum absolute atomic E-state index is 0.169. The van der Waals surface area contributed by atoms with Gasteiger partial charge in [0.1, 0.15) is 0 Å². The van der Waals surface area contributed by atoms with E-state index in [9.17, 15) is 4.79 Å². The maximum Gasteiger partial charge on any atom is 0.239 e. The number of carbonyl (C=O) groups excluding carboxylic acids is 1. The van der Waals surface area contributed by atoms with E-state index in [1.807, 2.05) is 20.9 Å². The maximum absolute atomic E-state index is 12.3. The van der Waals surface area contributed by atoms with Crippen LogP contribution in [0.2, 0.25) is 0 Å². The van der Waals surface area contributed by atoms with Crippen molar-refractivity contribution >= 4 is 5.91 Å². The Morgan fingerprint density at radius 1 is 1.00 bits per heavy atom. The van der Waals surface area contributed by atoms with Crippen molar-refractivity contribution in [1.82, 2.24) is 10.6 Å². The molecule has 0 atom stereocenters. The van der Waals surface area contributed by atoms with Crippen molar-refractivity contribution in [3.8, 4) is 0 Å². The van der Waals surface area contributed by atoms with Crippen molar-refractivity contribution in [2.75, 3.05) is 7.05 Å². The molecular weight excluding hydrogens is 224 g/mol. The van der Waals surface area contributed by atoms with Gasteiger partial charge >= 0.3 is 0 Å². The fourth-order valence-corrected chi connectivity index (χ4v) is 4.61. The highest BCUT2D eigenvalue weighted by atomic mass is 16.2. The van der Waals surface area contributed by atoms with Gasteiger partial charge in [-0.15, -0.1) is 0 Å². The van der Waals surface area contributed by atoms with Crippen molar-refractivity contribution in [3.63, 3.8) is 0 Å². The Morgan fingerprint density at radius 3 is 1.94 bits per heavy atom. The van der Waals surface area contributed by atoms with E-state index in [1.54, 1.807) is 0 Å². The SMILES string of the molecule is CNC(C)(C)C(=O)NC1C2CC3CC(C2)CC1C3. The van der Waals surface area contributed by atoms with E-state index in [4.69, 9.17) is 0 Å². The summed E-state index contributed by atoms with van der Waals surface area (Å²) in [4.78, 5) is 12.3. The van der Waals surface area contributed by atoms with Gasteiger partial charge in [0.15, 0.2) is 0 Å². The lowest BCUT2D eigenvalue weighted by Gasteiger charge is -2.54. The molecule has 0 aromatic rings. The van der Waals surface area contributed by atoms with Crippen LogP contribution in [0, 0.1) is 23.7 Å². The number of nitrogens with one attached hydrogen (secondary N) is 2. The molecule has 4 saturated carbocycles. The Bertz CT molecular complexity index is 322. The zero-order valence-corrected chi connectivity index (χ0v) is 11.8. The van der Waals surface area contributed by atoms with Crippen LogP contribution in [0.5, 0.6) is 0 Å². The molecule has 4 rings (SSSR count). The summed E-state index contributed by atoms with van der Waals surface area (Å²) >= 11 is 0. The van der Waals surface area contributed by atoms with E-state index in [2.05, 4.69) is 10.6 Å². The van der Waals surface area contributed by atoms with E-state index in [0.29, 0.717) is 6.04 Å². The number of rotatable bonds is 3. The first-order valence-electron chi connectivity index (χ1n) is 7.49. The first-order chi connectivity index (χ1) is 8.49. The highest BCUT2D eigenvalue weighted by molar-refractivity contribution is 5.85. The normalized spacial score (nSPS) is 42.1. The van der Waals surface area contributed by atoms with Crippen LogP contribution in [0.25, 0.3) is 0 Å². The molecule has 3 nitrogen and oxygen atoms in total. The van der Waals surface area contributed by atoms with Crippen LogP contribution in [0.15, 0.2) is 0 Å². The molecule has 102 valence electrons. The predicted molar refractivity (Wildman–Crippen MR) is 72.1 cm³/mol. The molecule has 0 aromatic carbocycles. The Labute approximate surface area is 110 Å². The molecule has 0 heterocycles. The zero-order valence-electron chi connectivity index (χ0n) is 11.8. The summed E-state index contributed by atoms with van der Waals surface area (Å²) < 4.78 is 0. The first-order valence-corrected chi connectivity index (χ1v) is 7.49. The van der Waals surface area contributed by atoms with Crippen LogP contribution < -0.4 is 10.6 Å². The Hall–Kier alpha value is -0.570. The second-order valence-corrected chi connectivity index (χ2v) is 7.30. The highest BCUT2D eigenvalue weighted by Gasteiger charge is 2.49.